The first-order valence-corrected chi connectivity index (χ1v) is 9.35. The van der Waals surface area contributed by atoms with E-state index < -0.39 is 16.9 Å². The van der Waals surface area contributed by atoms with E-state index in [2.05, 4.69) is 5.32 Å². The summed E-state index contributed by atoms with van der Waals surface area (Å²) in [6.07, 6.45) is 1.14. The minimum absolute atomic E-state index is 0.128. The Bertz CT molecular complexity index is 964. The third-order valence-corrected chi connectivity index (χ3v) is 5.22. The molecule has 7 nitrogen and oxygen atoms in total. The number of hydrogen-bond acceptors (Lipinski definition) is 4. The fourth-order valence-electron chi connectivity index (χ4n) is 3.20. The Hall–Kier alpha value is -2.64. The number of nitrogens with zero attached hydrogens (tertiary/aromatic N) is 2. The van der Waals surface area contributed by atoms with Crippen molar-refractivity contribution in [1.82, 2.24) is 4.90 Å². The lowest BCUT2D eigenvalue weighted by atomic mass is 10.1. The molecule has 0 saturated carbocycles. The van der Waals surface area contributed by atoms with Gasteiger partial charge in [-0.15, -0.1) is 0 Å². The molecule has 2 aromatic carbocycles. The summed E-state index contributed by atoms with van der Waals surface area (Å²) in [6.45, 7) is 2.00. The molecule has 1 unspecified atom stereocenters. The number of carbonyl (C=O) groups excluding carboxylic acids is 2. The van der Waals surface area contributed by atoms with Crippen molar-refractivity contribution < 1.29 is 14.5 Å². The molecule has 28 heavy (non-hydrogen) atoms. The van der Waals surface area contributed by atoms with Crippen LogP contribution in [0.3, 0.4) is 0 Å². The summed E-state index contributed by atoms with van der Waals surface area (Å²) in [5, 5.41) is 14.6. The lowest BCUT2D eigenvalue weighted by Gasteiger charge is -2.24. The van der Waals surface area contributed by atoms with Gasteiger partial charge in [0.1, 0.15) is 6.04 Å². The highest BCUT2D eigenvalue weighted by molar-refractivity contribution is 6.35. The minimum atomic E-state index is -0.692. The van der Waals surface area contributed by atoms with E-state index in [-0.39, 0.29) is 17.2 Å². The fraction of sp³-hybridized carbons (Fsp3) is 0.263. The van der Waals surface area contributed by atoms with Crippen molar-refractivity contribution in [2.45, 2.75) is 25.8 Å². The molecule has 2 amide bonds. The number of benzene rings is 2. The molecule has 0 aliphatic carbocycles. The molecule has 1 atom stereocenters. The second kappa shape index (κ2) is 8.16. The summed E-state index contributed by atoms with van der Waals surface area (Å²) in [4.78, 5) is 37.7. The van der Waals surface area contributed by atoms with Crippen LogP contribution in [0.4, 0.5) is 11.4 Å². The predicted octanol–water partition coefficient (Wildman–Crippen LogP) is 4.45. The topological polar surface area (TPSA) is 92.6 Å². The number of nitro benzene ring substituents is 1. The number of amides is 2. The van der Waals surface area contributed by atoms with Gasteiger partial charge >= 0.3 is 0 Å². The summed E-state index contributed by atoms with van der Waals surface area (Å²) < 4.78 is 0. The van der Waals surface area contributed by atoms with Crippen molar-refractivity contribution in [2.24, 2.45) is 0 Å². The Labute approximate surface area is 171 Å². The lowest BCUT2D eigenvalue weighted by molar-refractivity contribution is -0.385. The zero-order chi connectivity index (χ0) is 20.4. The van der Waals surface area contributed by atoms with E-state index in [0.717, 1.165) is 0 Å². The third-order valence-electron chi connectivity index (χ3n) is 4.66. The van der Waals surface area contributed by atoms with Gasteiger partial charge in [-0.25, -0.2) is 0 Å². The van der Waals surface area contributed by atoms with Gasteiger partial charge in [0, 0.05) is 28.8 Å². The number of halogens is 2. The lowest BCUT2D eigenvalue weighted by Crippen LogP contribution is -2.43. The molecule has 3 rings (SSSR count). The monoisotopic (exact) mass is 421 g/mol. The van der Waals surface area contributed by atoms with Crippen LogP contribution >= 0.6 is 23.2 Å². The highest BCUT2D eigenvalue weighted by Crippen LogP contribution is 2.28. The second-order valence-electron chi connectivity index (χ2n) is 6.53. The summed E-state index contributed by atoms with van der Waals surface area (Å²) in [7, 11) is 0. The Morgan fingerprint density at radius 1 is 1.21 bits per heavy atom. The largest absolute Gasteiger partial charge is 0.327 e. The molecule has 0 radical (unpaired) electrons. The van der Waals surface area contributed by atoms with Crippen molar-refractivity contribution in [3.63, 3.8) is 0 Å². The van der Waals surface area contributed by atoms with Crippen LogP contribution < -0.4 is 5.32 Å². The number of likely N-dealkylation sites (tertiary alicyclic amines) is 1. The molecule has 1 fully saturated rings. The molecule has 2 aromatic rings. The van der Waals surface area contributed by atoms with Crippen LogP contribution in [0, 0.1) is 17.0 Å². The molecular weight excluding hydrogens is 405 g/mol. The van der Waals surface area contributed by atoms with E-state index in [1.807, 2.05) is 0 Å². The number of anilines is 1. The smallest absolute Gasteiger partial charge is 0.273 e. The molecular formula is C19H17Cl2N3O4. The van der Waals surface area contributed by atoms with Crippen molar-refractivity contribution in [3.8, 4) is 0 Å². The average molecular weight is 422 g/mol. The molecule has 1 aliphatic rings. The maximum Gasteiger partial charge on any atom is 0.273 e. The van der Waals surface area contributed by atoms with Gasteiger partial charge in [-0.2, -0.15) is 0 Å². The highest BCUT2D eigenvalue weighted by atomic mass is 35.5. The van der Waals surface area contributed by atoms with Gasteiger partial charge < -0.3 is 10.2 Å². The molecule has 146 valence electrons. The van der Waals surface area contributed by atoms with Crippen LogP contribution in [-0.4, -0.2) is 34.2 Å². The van der Waals surface area contributed by atoms with Crippen LogP contribution in [0.25, 0.3) is 0 Å². The number of rotatable bonds is 4. The summed E-state index contributed by atoms with van der Waals surface area (Å²) in [6, 6.07) is 8.33. The normalized spacial score (nSPS) is 16.1. The summed E-state index contributed by atoms with van der Waals surface area (Å²) >= 11 is 12.0. The van der Waals surface area contributed by atoms with E-state index in [4.69, 9.17) is 23.2 Å². The first kappa shape index (κ1) is 20.1. The zero-order valence-electron chi connectivity index (χ0n) is 14.9. The van der Waals surface area contributed by atoms with Gasteiger partial charge in [0.05, 0.1) is 15.6 Å². The Morgan fingerprint density at radius 3 is 2.68 bits per heavy atom. The van der Waals surface area contributed by atoms with Crippen LogP contribution in [0.2, 0.25) is 10.0 Å². The van der Waals surface area contributed by atoms with Crippen molar-refractivity contribution in [1.29, 1.82) is 0 Å². The van der Waals surface area contributed by atoms with Gasteiger partial charge in [0.25, 0.3) is 11.6 Å². The number of nitrogens with one attached hydrogen (secondary N) is 1. The van der Waals surface area contributed by atoms with E-state index in [0.29, 0.717) is 40.7 Å². The average Bonchev–Trinajstić information content (AvgIpc) is 3.14. The van der Waals surface area contributed by atoms with Gasteiger partial charge in [0.15, 0.2) is 0 Å². The molecule has 1 aliphatic heterocycles. The number of nitro groups is 1. The number of hydrogen-bond donors (Lipinski definition) is 1. The van der Waals surface area contributed by atoms with Crippen LogP contribution in [0.15, 0.2) is 36.4 Å². The molecule has 1 heterocycles. The quantitative estimate of drug-likeness (QED) is 0.582. The number of carbonyl (C=O) groups is 2. The first-order valence-electron chi connectivity index (χ1n) is 8.60. The molecule has 0 aromatic heterocycles. The standard InChI is InChI=1S/C19H17Cl2N3O4/c1-11-4-5-12(9-17(11)24(27)28)19(26)23-8-2-3-16(23)18(25)22-15-10-13(20)6-7-14(15)21/h4-7,9-10,16H,2-3,8H2,1H3,(H,22,25). The van der Waals surface area contributed by atoms with Gasteiger partial charge in [0.2, 0.25) is 5.91 Å². The van der Waals surface area contributed by atoms with Crippen molar-refractivity contribution in [3.05, 3.63) is 67.7 Å². The van der Waals surface area contributed by atoms with E-state index in [1.54, 1.807) is 19.1 Å². The Kier molecular flexibility index (Phi) is 5.86. The van der Waals surface area contributed by atoms with E-state index in [1.165, 1.54) is 29.2 Å². The summed E-state index contributed by atoms with van der Waals surface area (Å²) in [5.74, 6) is -0.797. The molecule has 0 bridgehead atoms. The Balaban J connectivity index is 1.81. The van der Waals surface area contributed by atoms with Crippen molar-refractivity contribution in [2.75, 3.05) is 11.9 Å². The Morgan fingerprint density at radius 2 is 1.96 bits per heavy atom. The maximum absolute atomic E-state index is 12.9. The molecule has 1 saturated heterocycles. The SMILES string of the molecule is Cc1ccc(C(=O)N2CCCC2C(=O)Nc2cc(Cl)ccc2Cl)cc1[N+](=O)[O-]. The minimum Gasteiger partial charge on any atom is -0.327 e. The van der Waals surface area contributed by atoms with Gasteiger partial charge in [-0.05, 0) is 44.0 Å². The van der Waals surface area contributed by atoms with Gasteiger partial charge in [-0.1, -0.05) is 29.3 Å². The highest BCUT2D eigenvalue weighted by Gasteiger charge is 2.35. The van der Waals surface area contributed by atoms with Crippen LogP contribution in [0.5, 0.6) is 0 Å². The third kappa shape index (κ3) is 4.10. The first-order chi connectivity index (χ1) is 13.3. The van der Waals surface area contributed by atoms with Crippen molar-refractivity contribution >= 4 is 46.4 Å². The molecule has 9 heteroatoms. The zero-order valence-corrected chi connectivity index (χ0v) is 16.5. The molecule has 1 N–H and O–H groups in total. The van der Waals surface area contributed by atoms with E-state index in [9.17, 15) is 19.7 Å². The second-order valence-corrected chi connectivity index (χ2v) is 7.37. The van der Waals surface area contributed by atoms with E-state index >= 15 is 0 Å². The number of aryl methyl sites for hydroxylation is 1. The predicted molar refractivity (Wildman–Crippen MR) is 107 cm³/mol. The van der Waals surface area contributed by atoms with Crippen LogP contribution in [0.1, 0.15) is 28.8 Å². The van der Waals surface area contributed by atoms with Gasteiger partial charge in [-0.3, -0.25) is 19.7 Å². The summed E-state index contributed by atoms with van der Waals surface area (Å²) in [5.41, 5.74) is 0.881. The fourth-order valence-corrected chi connectivity index (χ4v) is 3.53. The van der Waals surface area contributed by atoms with Crippen LogP contribution in [-0.2, 0) is 4.79 Å². The maximum atomic E-state index is 12.9. The molecule has 0 spiro atoms.